The van der Waals surface area contributed by atoms with E-state index < -0.39 is 0 Å². The van der Waals surface area contributed by atoms with Gasteiger partial charge in [-0.3, -0.25) is 4.98 Å². The van der Waals surface area contributed by atoms with Gasteiger partial charge >= 0.3 is 0 Å². The van der Waals surface area contributed by atoms with E-state index in [2.05, 4.69) is 41.5 Å². The second-order valence-corrected chi connectivity index (χ2v) is 5.45. The first-order valence-corrected chi connectivity index (χ1v) is 7.02. The summed E-state index contributed by atoms with van der Waals surface area (Å²) in [6, 6.07) is 8.93. The molecule has 0 radical (unpaired) electrons. The van der Waals surface area contributed by atoms with Crippen LogP contribution in [0.25, 0.3) is 0 Å². The van der Waals surface area contributed by atoms with Crippen LogP contribution in [0.4, 0.5) is 5.69 Å². The number of rotatable bonds is 3. The molecule has 2 aromatic rings. The number of hydrogen-bond acceptors (Lipinski definition) is 3. The van der Waals surface area contributed by atoms with E-state index in [9.17, 15) is 0 Å². The molecule has 0 fully saturated rings. The van der Waals surface area contributed by atoms with Crippen LogP contribution in [0, 0.1) is 13.8 Å². The predicted octanol–water partition coefficient (Wildman–Crippen LogP) is 3.29. The van der Waals surface area contributed by atoms with Crippen molar-refractivity contribution in [1.29, 1.82) is 0 Å². The lowest BCUT2D eigenvalue weighted by Gasteiger charge is -2.15. The number of benzene rings is 1. The van der Waals surface area contributed by atoms with Crippen molar-refractivity contribution in [2.24, 2.45) is 0 Å². The van der Waals surface area contributed by atoms with Crippen molar-refractivity contribution < 1.29 is 4.74 Å². The molecule has 0 saturated heterocycles. The van der Waals surface area contributed by atoms with E-state index in [-0.39, 0.29) is 0 Å². The Bertz CT molecular complexity index is 612. The van der Waals surface area contributed by atoms with Crippen molar-refractivity contribution in [1.82, 2.24) is 4.98 Å². The number of para-hydroxylation sites is 1. The van der Waals surface area contributed by atoms with E-state index in [1.165, 1.54) is 11.3 Å². The SMILES string of the molecule is COc1c(C)cnc(CC2Cc3ccccc3N2)c1C. The number of hydrogen-bond donors (Lipinski definition) is 1. The molecule has 0 bridgehead atoms. The van der Waals surface area contributed by atoms with Gasteiger partial charge in [0.2, 0.25) is 0 Å². The van der Waals surface area contributed by atoms with Gasteiger partial charge in [0.05, 0.1) is 7.11 Å². The maximum atomic E-state index is 5.48. The number of nitrogens with one attached hydrogen (secondary N) is 1. The first-order chi connectivity index (χ1) is 9.69. The highest BCUT2D eigenvalue weighted by molar-refractivity contribution is 5.57. The molecule has 3 nitrogen and oxygen atoms in total. The third kappa shape index (κ3) is 2.24. The molecule has 1 aromatic carbocycles. The predicted molar refractivity (Wildman–Crippen MR) is 81.5 cm³/mol. The number of nitrogens with zero attached hydrogens (tertiary/aromatic N) is 1. The van der Waals surface area contributed by atoms with Gasteiger partial charge in [-0.25, -0.2) is 0 Å². The Kier molecular flexibility index (Phi) is 3.35. The fraction of sp³-hybridized carbons (Fsp3) is 0.353. The van der Waals surface area contributed by atoms with Crippen molar-refractivity contribution in [2.45, 2.75) is 32.7 Å². The number of pyridine rings is 1. The number of aromatic nitrogens is 1. The maximum Gasteiger partial charge on any atom is 0.128 e. The van der Waals surface area contributed by atoms with Crippen molar-refractivity contribution >= 4 is 5.69 Å². The van der Waals surface area contributed by atoms with Gasteiger partial charge in [0.15, 0.2) is 0 Å². The average molecular weight is 268 g/mol. The van der Waals surface area contributed by atoms with Gasteiger partial charge in [-0.2, -0.15) is 0 Å². The van der Waals surface area contributed by atoms with E-state index in [1.807, 2.05) is 13.1 Å². The Labute approximate surface area is 120 Å². The zero-order chi connectivity index (χ0) is 14.1. The van der Waals surface area contributed by atoms with E-state index >= 15 is 0 Å². The smallest absolute Gasteiger partial charge is 0.128 e. The minimum absolute atomic E-state index is 0.422. The molecule has 2 heterocycles. The third-order valence-corrected chi connectivity index (χ3v) is 4.03. The van der Waals surface area contributed by atoms with Crippen LogP contribution in [0.1, 0.15) is 22.4 Å². The third-order valence-electron chi connectivity index (χ3n) is 4.03. The fourth-order valence-corrected chi connectivity index (χ4v) is 3.01. The summed E-state index contributed by atoms with van der Waals surface area (Å²) in [6.07, 6.45) is 3.90. The van der Waals surface area contributed by atoms with E-state index in [4.69, 9.17) is 4.74 Å². The largest absolute Gasteiger partial charge is 0.496 e. The highest BCUT2D eigenvalue weighted by Crippen LogP contribution is 2.29. The van der Waals surface area contributed by atoms with Gasteiger partial charge in [0, 0.05) is 41.2 Å². The molecule has 3 heteroatoms. The number of ether oxygens (including phenoxy) is 1. The monoisotopic (exact) mass is 268 g/mol. The van der Waals surface area contributed by atoms with Crippen molar-refractivity contribution in [3.05, 3.63) is 52.8 Å². The number of anilines is 1. The quantitative estimate of drug-likeness (QED) is 0.927. The molecule has 3 rings (SSSR count). The van der Waals surface area contributed by atoms with Gasteiger partial charge in [-0.15, -0.1) is 0 Å². The Morgan fingerprint density at radius 3 is 2.85 bits per heavy atom. The number of aryl methyl sites for hydroxylation is 1. The summed E-state index contributed by atoms with van der Waals surface area (Å²) in [5.74, 6) is 0.963. The van der Waals surface area contributed by atoms with Crippen molar-refractivity contribution in [3.8, 4) is 5.75 Å². The van der Waals surface area contributed by atoms with E-state index in [0.29, 0.717) is 6.04 Å². The first kappa shape index (κ1) is 13.0. The van der Waals surface area contributed by atoms with Crippen LogP contribution in [0.3, 0.4) is 0 Å². The van der Waals surface area contributed by atoms with Crippen LogP contribution >= 0.6 is 0 Å². The van der Waals surface area contributed by atoms with E-state index in [0.717, 1.165) is 35.4 Å². The van der Waals surface area contributed by atoms with Crippen molar-refractivity contribution in [3.63, 3.8) is 0 Å². The normalized spacial score (nSPS) is 16.6. The van der Waals surface area contributed by atoms with Gasteiger partial charge in [0.25, 0.3) is 0 Å². The molecular weight excluding hydrogens is 248 g/mol. The average Bonchev–Trinajstić information content (AvgIpc) is 2.85. The lowest BCUT2D eigenvalue weighted by molar-refractivity contribution is 0.406. The molecule has 20 heavy (non-hydrogen) atoms. The molecule has 0 saturated carbocycles. The van der Waals surface area contributed by atoms with Gasteiger partial charge in [-0.1, -0.05) is 18.2 Å². The second kappa shape index (κ2) is 5.16. The molecule has 0 aliphatic carbocycles. The summed E-state index contributed by atoms with van der Waals surface area (Å²) in [7, 11) is 1.72. The molecule has 1 aromatic heterocycles. The van der Waals surface area contributed by atoms with Crippen LogP contribution in [0.15, 0.2) is 30.5 Å². The summed E-state index contributed by atoms with van der Waals surface area (Å²) >= 11 is 0. The first-order valence-electron chi connectivity index (χ1n) is 7.02. The fourth-order valence-electron chi connectivity index (χ4n) is 3.01. The van der Waals surface area contributed by atoms with Crippen molar-refractivity contribution in [2.75, 3.05) is 12.4 Å². The molecule has 0 spiro atoms. The van der Waals surface area contributed by atoms with Gasteiger partial charge < -0.3 is 10.1 Å². The summed E-state index contributed by atoms with van der Waals surface area (Å²) in [6.45, 7) is 4.13. The maximum absolute atomic E-state index is 5.48. The molecule has 1 aliphatic heterocycles. The van der Waals surface area contributed by atoms with Crippen LogP contribution in [-0.2, 0) is 12.8 Å². The minimum Gasteiger partial charge on any atom is -0.496 e. The molecule has 104 valence electrons. The molecule has 1 N–H and O–H groups in total. The van der Waals surface area contributed by atoms with Gasteiger partial charge in [-0.05, 0) is 31.9 Å². The minimum atomic E-state index is 0.422. The Morgan fingerprint density at radius 2 is 2.10 bits per heavy atom. The summed E-state index contributed by atoms with van der Waals surface area (Å²) < 4.78 is 5.48. The van der Waals surface area contributed by atoms with Crippen LogP contribution in [0.2, 0.25) is 0 Å². The van der Waals surface area contributed by atoms with E-state index in [1.54, 1.807) is 7.11 Å². The topological polar surface area (TPSA) is 34.1 Å². The summed E-state index contributed by atoms with van der Waals surface area (Å²) in [5, 5.41) is 3.58. The summed E-state index contributed by atoms with van der Waals surface area (Å²) in [4.78, 5) is 4.59. The highest BCUT2D eigenvalue weighted by Gasteiger charge is 2.22. The molecule has 1 unspecified atom stereocenters. The summed E-state index contributed by atoms with van der Waals surface area (Å²) in [5.41, 5.74) is 6.03. The lowest BCUT2D eigenvalue weighted by atomic mass is 10.0. The molecular formula is C17H20N2O. The molecule has 1 aliphatic rings. The Morgan fingerprint density at radius 1 is 1.30 bits per heavy atom. The number of fused-ring (bicyclic) bond motifs is 1. The zero-order valence-electron chi connectivity index (χ0n) is 12.2. The zero-order valence-corrected chi connectivity index (χ0v) is 12.2. The lowest BCUT2D eigenvalue weighted by Crippen LogP contribution is -2.20. The van der Waals surface area contributed by atoms with Crippen LogP contribution < -0.4 is 10.1 Å². The Balaban J connectivity index is 1.81. The van der Waals surface area contributed by atoms with Crippen LogP contribution in [0.5, 0.6) is 5.75 Å². The second-order valence-electron chi connectivity index (χ2n) is 5.45. The standard InChI is InChI=1S/C17H20N2O/c1-11-10-18-16(12(2)17(11)20-3)9-14-8-13-6-4-5-7-15(13)19-14/h4-7,10,14,19H,8-9H2,1-3H3. The van der Waals surface area contributed by atoms with Gasteiger partial charge in [0.1, 0.15) is 5.75 Å². The Hall–Kier alpha value is -2.03. The highest BCUT2D eigenvalue weighted by atomic mass is 16.5. The molecule has 1 atom stereocenters. The number of methoxy groups -OCH3 is 1. The van der Waals surface area contributed by atoms with Crippen LogP contribution in [-0.4, -0.2) is 18.1 Å². The molecule has 0 amide bonds.